The number of aryl methyl sites for hydroxylation is 1. The molecule has 0 aliphatic carbocycles. The Hall–Kier alpha value is -2.01. The smallest absolute Gasteiger partial charge is 0.261 e. The van der Waals surface area contributed by atoms with E-state index >= 15 is 0 Å². The van der Waals surface area contributed by atoms with Gasteiger partial charge in [0.25, 0.3) is 5.91 Å². The van der Waals surface area contributed by atoms with Crippen molar-refractivity contribution in [2.45, 2.75) is 33.1 Å². The molecule has 0 spiro atoms. The first-order chi connectivity index (χ1) is 10.2. The summed E-state index contributed by atoms with van der Waals surface area (Å²) in [5.41, 5.74) is 1.37. The summed E-state index contributed by atoms with van der Waals surface area (Å²) in [4.78, 5) is 12.5. The van der Waals surface area contributed by atoms with Crippen LogP contribution in [0.1, 0.15) is 42.6 Å². The van der Waals surface area contributed by atoms with Crippen LogP contribution in [-0.4, -0.2) is 18.2 Å². The van der Waals surface area contributed by atoms with Crippen LogP contribution in [0, 0.1) is 6.92 Å². The summed E-state index contributed by atoms with van der Waals surface area (Å²) in [7, 11) is 1.54. The predicted octanol–water partition coefficient (Wildman–Crippen LogP) is 4.19. The average molecular weight is 323 g/mol. The van der Waals surface area contributed by atoms with Crippen LogP contribution in [0.5, 0.6) is 5.75 Å². The minimum Gasteiger partial charge on any atom is -0.495 e. The maximum Gasteiger partial charge on any atom is 0.261 e. The topological polar surface area (TPSA) is 64.4 Å². The van der Waals surface area contributed by atoms with Crippen molar-refractivity contribution >= 4 is 23.2 Å². The number of halogens is 1. The molecule has 0 unspecified atom stereocenters. The summed E-state index contributed by atoms with van der Waals surface area (Å²) >= 11 is 6.07. The Bertz CT molecular complexity index is 702. The van der Waals surface area contributed by atoms with E-state index in [1.807, 2.05) is 20.8 Å². The second kappa shape index (κ2) is 6.01. The fraction of sp³-hybridized carbons (Fsp3) is 0.375. The molecule has 1 N–H and O–H groups in total. The molecule has 5 nitrogen and oxygen atoms in total. The molecule has 1 amide bonds. The van der Waals surface area contributed by atoms with E-state index in [0.717, 1.165) is 0 Å². The van der Waals surface area contributed by atoms with Gasteiger partial charge in [0.2, 0.25) is 0 Å². The maximum absolute atomic E-state index is 12.5. The molecule has 0 aliphatic rings. The molecule has 0 radical (unpaired) electrons. The first-order valence-corrected chi connectivity index (χ1v) is 7.23. The molecule has 0 saturated heterocycles. The van der Waals surface area contributed by atoms with Crippen LogP contribution in [0.3, 0.4) is 0 Å². The van der Waals surface area contributed by atoms with Crippen LogP contribution in [0.2, 0.25) is 5.02 Å². The molecule has 1 heterocycles. The van der Waals surface area contributed by atoms with Gasteiger partial charge < -0.3 is 14.6 Å². The Morgan fingerprint density at radius 3 is 2.59 bits per heavy atom. The molecule has 0 aliphatic heterocycles. The van der Waals surface area contributed by atoms with Crippen molar-refractivity contribution in [1.29, 1.82) is 0 Å². The minimum atomic E-state index is -0.290. The number of methoxy groups -OCH3 is 1. The number of hydrogen-bond donors (Lipinski definition) is 1. The van der Waals surface area contributed by atoms with Crippen LogP contribution < -0.4 is 10.1 Å². The van der Waals surface area contributed by atoms with Crippen molar-refractivity contribution in [3.63, 3.8) is 0 Å². The van der Waals surface area contributed by atoms with E-state index < -0.39 is 0 Å². The predicted molar refractivity (Wildman–Crippen MR) is 85.9 cm³/mol. The van der Waals surface area contributed by atoms with E-state index in [1.165, 1.54) is 7.11 Å². The first kappa shape index (κ1) is 16.4. The Labute approximate surface area is 134 Å². The van der Waals surface area contributed by atoms with Crippen molar-refractivity contribution in [1.82, 2.24) is 5.16 Å². The highest BCUT2D eigenvalue weighted by Crippen LogP contribution is 2.30. The average Bonchev–Trinajstić information content (AvgIpc) is 2.81. The first-order valence-electron chi connectivity index (χ1n) is 6.85. The van der Waals surface area contributed by atoms with Crippen LogP contribution >= 0.6 is 11.6 Å². The van der Waals surface area contributed by atoms with E-state index in [9.17, 15) is 4.79 Å². The molecule has 0 saturated carbocycles. The monoisotopic (exact) mass is 322 g/mol. The lowest BCUT2D eigenvalue weighted by Gasteiger charge is -2.16. The van der Waals surface area contributed by atoms with Crippen molar-refractivity contribution in [2.75, 3.05) is 12.4 Å². The second-order valence-electron chi connectivity index (χ2n) is 6.02. The second-order valence-corrected chi connectivity index (χ2v) is 6.42. The van der Waals surface area contributed by atoms with Gasteiger partial charge in [0, 0.05) is 11.1 Å². The van der Waals surface area contributed by atoms with E-state index in [1.54, 1.807) is 25.1 Å². The SMILES string of the molecule is COc1ccc(NC(=O)c2c(C(C)(C)C)noc2C)cc1Cl. The van der Waals surface area contributed by atoms with Crippen molar-refractivity contribution in [2.24, 2.45) is 0 Å². The summed E-state index contributed by atoms with van der Waals surface area (Å²) in [6.07, 6.45) is 0. The quantitative estimate of drug-likeness (QED) is 0.920. The zero-order valence-electron chi connectivity index (χ0n) is 13.3. The fourth-order valence-electron chi connectivity index (χ4n) is 2.09. The summed E-state index contributed by atoms with van der Waals surface area (Å²) in [6.45, 7) is 7.65. The van der Waals surface area contributed by atoms with Gasteiger partial charge in [-0.1, -0.05) is 37.5 Å². The molecule has 2 aromatic rings. The molecule has 1 aromatic carbocycles. The molecule has 6 heteroatoms. The van der Waals surface area contributed by atoms with Crippen molar-refractivity contribution in [3.05, 3.63) is 40.2 Å². The van der Waals surface area contributed by atoms with Gasteiger partial charge in [-0.25, -0.2) is 0 Å². The Balaban J connectivity index is 2.30. The number of nitrogens with zero attached hydrogens (tertiary/aromatic N) is 1. The minimum absolute atomic E-state index is 0.273. The lowest BCUT2D eigenvalue weighted by atomic mass is 9.88. The number of aromatic nitrogens is 1. The zero-order valence-corrected chi connectivity index (χ0v) is 14.0. The molecular weight excluding hydrogens is 304 g/mol. The molecular formula is C16H19ClN2O3. The largest absolute Gasteiger partial charge is 0.495 e. The van der Waals surface area contributed by atoms with Gasteiger partial charge in [-0.05, 0) is 25.1 Å². The lowest BCUT2D eigenvalue weighted by molar-refractivity contribution is 0.102. The number of nitrogens with one attached hydrogen (secondary N) is 1. The van der Waals surface area contributed by atoms with Gasteiger partial charge in [0.1, 0.15) is 22.8 Å². The van der Waals surface area contributed by atoms with Gasteiger partial charge >= 0.3 is 0 Å². The molecule has 2 rings (SSSR count). The van der Waals surface area contributed by atoms with Gasteiger partial charge in [0.05, 0.1) is 12.1 Å². The number of hydrogen-bond acceptors (Lipinski definition) is 4. The number of anilines is 1. The fourth-order valence-corrected chi connectivity index (χ4v) is 2.35. The number of ether oxygens (including phenoxy) is 1. The number of rotatable bonds is 3. The molecule has 118 valence electrons. The summed E-state index contributed by atoms with van der Waals surface area (Å²) in [5.74, 6) is 0.767. The van der Waals surface area contributed by atoms with E-state index in [-0.39, 0.29) is 11.3 Å². The lowest BCUT2D eigenvalue weighted by Crippen LogP contribution is -2.21. The number of carbonyl (C=O) groups is 1. The zero-order chi connectivity index (χ0) is 16.5. The highest BCUT2D eigenvalue weighted by molar-refractivity contribution is 6.32. The summed E-state index contributed by atoms with van der Waals surface area (Å²) in [6, 6.07) is 5.06. The summed E-state index contributed by atoms with van der Waals surface area (Å²) < 4.78 is 10.3. The van der Waals surface area contributed by atoms with E-state index in [4.69, 9.17) is 20.9 Å². The van der Waals surface area contributed by atoms with Crippen molar-refractivity contribution in [3.8, 4) is 5.75 Å². The number of benzene rings is 1. The Kier molecular flexibility index (Phi) is 4.47. The van der Waals surface area contributed by atoms with E-state index in [2.05, 4.69) is 10.5 Å². The molecule has 0 fully saturated rings. The van der Waals surface area contributed by atoms with Gasteiger partial charge in [-0.3, -0.25) is 4.79 Å². The third kappa shape index (κ3) is 3.25. The third-order valence-corrected chi connectivity index (χ3v) is 3.51. The summed E-state index contributed by atoms with van der Waals surface area (Å²) in [5, 5.41) is 7.25. The van der Waals surface area contributed by atoms with E-state index in [0.29, 0.717) is 33.5 Å². The molecule has 0 atom stereocenters. The van der Waals surface area contributed by atoms with Crippen LogP contribution in [-0.2, 0) is 5.41 Å². The van der Waals surface area contributed by atoms with Crippen molar-refractivity contribution < 1.29 is 14.1 Å². The third-order valence-electron chi connectivity index (χ3n) is 3.21. The number of amides is 1. The van der Waals surface area contributed by atoms with Gasteiger partial charge in [-0.2, -0.15) is 0 Å². The Morgan fingerprint density at radius 2 is 2.05 bits per heavy atom. The standard InChI is InChI=1S/C16H19ClN2O3/c1-9-13(14(19-22-9)16(2,3)4)15(20)18-10-6-7-12(21-5)11(17)8-10/h6-8H,1-5H3,(H,18,20). The molecule has 1 aromatic heterocycles. The van der Waals surface area contributed by atoms with Crippen LogP contribution in [0.25, 0.3) is 0 Å². The highest BCUT2D eigenvalue weighted by Gasteiger charge is 2.28. The van der Waals surface area contributed by atoms with Gasteiger partial charge in [0.15, 0.2) is 0 Å². The Morgan fingerprint density at radius 1 is 1.36 bits per heavy atom. The number of carbonyl (C=O) groups excluding carboxylic acids is 1. The van der Waals surface area contributed by atoms with Gasteiger partial charge in [-0.15, -0.1) is 0 Å². The van der Waals surface area contributed by atoms with Crippen LogP contribution in [0.15, 0.2) is 22.7 Å². The maximum atomic E-state index is 12.5. The molecule has 22 heavy (non-hydrogen) atoms. The molecule has 0 bridgehead atoms. The van der Waals surface area contributed by atoms with Crippen LogP contribution in [0.4, 0.5) is 5.69 Å². The normalized spacial score (nSPS) is 11.4. The highest BCUT2D eigenvalue weighted by atomic mass is 35.5.